The molecule has 0 saturated carbocycles. The van der Waals surface area contributed by atoms with Crippen LogP contribution in [-0.4, -0.2) is 15.0 Å². The zero-order valence-corrected chi connectivity index (χ0v) is 12.8. The summed E-state index contributed by atoms with van der Waals surface area (Å²) in [4.78, 5) is 0.187. The van der Waals surface area contributed by atoms with Gasteiger partial charge in [-0.3, -0.25) is 4.31 Å². The van der Waals surface area contributed by atoms with Gasteiger partial charge in [-0.05, 0) is 49.7 Å². The molecule has 2 rings (SSSR count). The van der Waals surface area contributed by atoms with E-state index in [9.17, 15) is 8.42 Å². The lowest BCUT2D eigenvalue weighted by Gasteiger charge is -2.24. The quantitative estimate of drug-likeness (QED) is 0.871. The molecule has 0 aliphatic rings. The summed E-state index contributed by atoms with van der Waals surface area (Å²) >= 11 is 0. The minimum absolute atomic E-state index is 0.187. The molecular formula is C16H16N2O2S. The Bertz CT molecular complexity index is 775. The normalized spacial score (nSPS) is 10.9. The molecule has 0 fully saturated rings. The lowest BCUT2D eigenvalue weighted by atomic mass is 10.2. The third-order valence-corrected chi connectivity index (χ3v) is 5.15. The highest BCUT2D eigenvalue weighted by Crippen LogP contribution is 2.26. The maximum atomic E-state index is 12.8. The highest BCUT2D eigenvalue weighted by atomic mass is 32.2. The number of para-hydroxylation sites is 1. The van der Waals surface area contributed by atoms with E-state index >= 15 is 0 Å². The van der Waals surface area contributed by atoms with Crippen molar-refractivity contribution < 1.29 is 8.42 Å². The Labute approximate surface area is 125 Å². The maximum absolute atomic E-state index is 12.8. The Morgan fingerprint density at radius 1 is 1.10 bits per heavy atom. The fourth-order valence-electron chi connectivity index (χ4n) is 2.14. The molecule has 0 unspecified atom stereocenters. The van der Waals surface area contributed by atoms with Gasteiger partial charge in [0.25, 0.3) is 10.0 Å². The first-order valence-corrected chi connectivity index (χ1v) is 8.03. The van der Waals surface area contributed by atoms with Crippen molar-refractivity contribution in [3.8, 4) is 6.07 Å². The second kappa shape index (κ2) is 5.98. The van der Waals surface area contributed by atoms with Crippen LogP contribution in [0.3, 0.4) is 0 Å². The van der Waals surface area contributed by atoms with Gasteiger partial charge >= 0.3 is 0 Å². The first kappa shape index (κ1) is 15.1. The van der Waals surface area contributed by atoms with Gasteiger partial charge in [0.05, 0.1) is 22.2 Å². The van der Waals surface area contributed by atoms with E-state index in [1.165, 1.54) is 28.6 Å². The molecule has 0 amide bonds. The predicted molar refractivity (Wildman–Crippen MR) is 82.5 cm³/mol. The van der Waals surface area contributed by atoms with Gasteiger partial charge in [-0.15, -0.1) is 0 Å². The van der Waals surface area contributed by atoms with Crippen molar-refractivity contribution >= 4 is 15.7 Å². The summed E-state index contributed by atoms with van der Waals surface area (Å²) in [5.41, 5.74) is 2.01. The Hall–Kier alpha value is -2.32. The Kier molecular flexibility index (Phi) is 4.29. The first-order valence-electron chi connectivity index (χ1n) is 6.59. The van der Waals surface area contributed by atoms with Gasteiger partial charge in [-0.2, -0.15) is 5.26 Å². The third-order valence-electron chi connectivity index (χ3n) is 3.24. The summed E-state index contributed by atoms with van der Waals surface area (Å²) in [6, 6.07) is 15.3. The average molecular weight is 300 g/mol. The zero-order chi connectivity index (χ0) is 15.5. The molecule has 0 aromatic heterocycles. The molecule has 0 atom stereocenters. The number of hydrogen-bond donors (Lipinski definition) is 0. The SMILES string of the molecule is CCN(c1ccccc1C)S(=O)(=O)c1ccc(C#N)cc1. The predicted octanol–water partition coefficient (Wildman–Crippen LogP) is 3.08. The molecule has 5 heteroatoms. The summed E-state index contributed by atoms with van der Waals surface area (Å²) in [5, 5.41) is 8.79. The van der Waals surface area contributed by atoms with E-state index in [-0.39, 0.29) is 4.90 Å². The van der Waals surface area contributed by atoms with Crippen LogP contribution in [0.1, 0.15) is 18.1 Å². The molecule has 2 aromatic rings. The van der Waals surface area contributed by atoms with Crippen LogP contribution in [0.15, 0.2) is 53.4 Å². The van der Waals surface area contributed by atoms with Crippen molar-refractivity contribution in [2.45, 2.75) is 18.7 Å². The smallest absolute Gasteiger partial charge is 0.264 e. The van der Waals surface area contributed by atoms with Crippen LogP contribution >= 0.6 is 0 Å². The van der Waals surface area contributed by atoms with Crippen molar-refractivity contribution in [3.05, 3.63) is 59.7 Å². The van der Waals surface area contributed by atoms with Gasteiger partial charge in [0.1, 0.15) is 0 Å². The fraction of sp³-hybridized carbons (Fsp3) is 0.188. The molecule has 0 radical (unpaired) electrons. The molecule has 0 N–H and O–H groups in total. The minimum atomic E-state index is -3.63. The van der Waals surface area contributed by atoms with Crippen LogP contribution < -0.4 is 4.31 Å². The van der Waals surface area contributed by atoms with E-state index in [4.69, 9.17) is 5.26 Å². The number of sulfonamides is 1. The Morgan fingerprint density at radius 3 is 2.24 bits per heavy atom. The second-order valence-electron chi connectivity index (χ2n) is 4.59. The molecule has 0 spiro atoms. The van der Waals surface area contributed by atoms with Crippen molar-refractivity contribution in [2.75, 3.05) is 10.8 Å². The van der Waals surface area contributed by atoms with Crippen LogP contribution in [-0.2, 0) is 10.0 Å². The van der Waals surface area contributed by atoms with E-state index in [1.807, 2.05) is 31.2 Å². The lowest BCUT2D eigenvalue weighted by molar-refractivity contribution is 0.591. The van der Waals surface area contributed by atoms with Gasteiger partial charge < -0.3 is 0 Å². The maximum Gasteiger partial charge on any atom is 0.264 e. The number of nitriles is 1. The van der Waals surface area contributed by atoms with Gasteiger partial charge in [0, 0.05) is 6.54 Å². The van der Waals surface area contributed by atoms with Crippen molar-refractivity contribution in [3.63, 3.8) is 0 Å². The van der Waals surface area contributed by atoms with Gasteiger partial charge in [-0.1, -0.05) is 18.2 Å². The third kappa shape index (κ3) is 2.91. The van der Waals surface area contributed by atoms with Crippen LogP contribution in [0.5, 0.6) is 0 Å². The van der Waals surface area contributed by atoms with Crippen LogP contribution in [0.4, 0.5) is 5.69 Å². The Balaban J connectivity index is 2.50. The first-order chi connectivity index (χ1) is 10.0. The molecular weight excluding hydrogens is 284 g/mol. The zero-order valence-electron chi connectivity index (χ0n) is 11.9. The Morgan fingerprint density at radius 2 is 1.71 bits per heavy atom. The topological polar surface area (TPSA) is 61.2 Å². The molecule has 2 aromatic carbocycles. The molecule has 4 nitrogen and oxygen atoms in total. The number of anilines is 1. The summed E-state index contributed by atoms with van der Waals surface area (Å²) in [5.74, 6) is 0. The minimum Gasteiger partial charge on any atom is -0.266 e. The highest BCUT2D eigenvalue weighted by Gasteiger charge is 2.24. The van der Waals surface area contributed by atoms with Gasteiger partial charge in [0.2, 0.25) is 0 Å². The monoisotopic (exact) mass is 300 g/mol. The van der Waals surface area contributed by atoms with E-state index in [2.05, 4.69) is 0 Å². The molecule has 0 bridgehead atoms. The fourth-order valence-corrected chi connectivity index (χ4v) is 3.68. The summed E-state index contributed by atoms with van der Waals surface area (Å²) in [6.07, 6.45) is 0. The molecule has 0 saturated heterocycles. The van der Waals surface area contributed by atoms with Crippen molar-refractivity contribution in [2.24, 2.45) is 0 Å². The van der Waals surface area contributed by atoms with Crippen LogP contribution in [0, 0.1) is 18.3 Å². The lowest BCUT2D eigenvalue weighted by Crippen LogP contribution is -2.31. The molecule has 21 heavy (non-hydrogen) atoms. The number of nitrogens with zero attached hydrogens (tertiary/aromatic N) is 2. The molecule has 0 aliphatic heterocycles. The van der Waals surface area contributed by atoms with E-state index in [1.54, 1.807) is 13.0 Å². The van der Waals surface area contributed by atoms with E-state index < -0.39 is 10.0 Å². The standard InChI is InChI=1S/C16H16N2O2S/c1-3-18(16-7-5-4-6-13(16)2)21(19,20)15-10-8-14(12-17)9-11-15/h4-11H,3H2,1-2H3. The molecule has 0 aliphatic carbocycles. The number of aryl methyl sites for hydroxylation is 1. The summed E-state index contributed by atoms with van der Waals surface area (Å²) in [7, 11) is -3.63. The van der Waals surface area contributed by atoms with E-state index in [0.717, 1.165) is 5.56 Å². The van der Waals surface area contributed by atoms with E-state index in [0.29, 0.717) is 17.8 Å². The van der Waals surface area contributed by atoms with Crippen molar-refractivity contribution in [1.82, 2.24) is 0 Å². The summed E-state index contributed by atoms with van der Waals surface area (Å²) in [6.45, 7) is 4.02. The van der Waals surface area contributed by atoms with Gasteiger partial charge in [-0.25, -0.2) is 8.42 Å². The molecule has 0 heterocycles. The number of rotatable bonds is 4. The second-order valence-corrected chi connectivity index (χ2v) is 6.45. The average Bonchev–Trinajstić information content (AvgIpc) is 2.50. The van der Waals surface area contributed by atoms with Crippen molar-refractivity contribution in [1.29, 1.82) is 5.26 Å². The number of hydrogen-bond acceptors (Lipinski definition) is 3. The van der Waals surface area contributed by atoms with Crippen LogP contribution in [0.2, 0.25) is 0 Å². The largest absolute Gasteiger partial charge is 0.266 e. The van der Waals surface area contributed by atoms with Gasteiger partial charge in [0.15, 0.2) is 0 Å². The summed E-state index contributed by atoms with van der Waals surface area (Å²) < 4.78 is 26.9. The highest BCUT2D eigenvalue weighted by molar-refractivity contribution is 7.92. The molecule has 108 valence electrons. The number of benzene rings is 2. The van der Waals surface area contributed by atoms with Crippen LogP contribution in [0.25, 0.3) is 0 Å².